The Morgan fingerprint density at radius 1 is 1.70 bits per heavy atom. The third-order valence-corrected chi connectivity index (χ3v) is 0.633. The number of carbonyl (C=O) groups is 1. The highest BCUT2D eigenvalue weighted by Gasteiger charge is 1.93. The van der Waals surface area contributed by atoms with Crippen LogP contribution in [0.4, 0.5) is 4.79 Å². The van der Waals surface area contributed by atoms with Gasteiger partial charge in [-0.2, -0.15) is 0 Å². The lowest BCUT2D eigenvalue weighted by molar-refractivity contribution is -0.105. The molecule has 2 amide bonds. The summed E-state index contributed by atoms with van der Waals surface area (Å²) >= 11 is 0. The molecule has 0 fully saturated rings. The van der Waals surface area contributed by atoms with Crippen molar-refractivity contribution >= 4 is 6.03 Å². The van der Waals surface area contributed by atoms with Crippen molar-refractivity contribution in [1.29, 1.82) is 0 Å². The summed E-state index contributed by atoms with van der Waals surface area (Å²) in [5, 5.41) is 0. The first-order chi connectivity index (χ1) is 4.63. The SMILES string of the molecule is CC(C)OCONC(N)=O. The fraction of sp³-hybridized carbons (Fsp3) is 0.800. The van der Waals surface area contributed by atoms with Gasteiger partial charge in [0.15, 0.2) is 6.79 Å². The number of hydrogen-bond acceptors (Lipinski definition) is 3. The molecule has 0 saturated heterocycles. The maximum absolute atomic E-state index is 9.97. The summed E-state index contributed by atoms with van der Waals surface area (Å²) in [4.78, 5) is 14.4. The van der Waals surface area contributed by atoms with Crippen LogP contribution in [0.5, 0.6) is 0 Å². The van der Waals surface area contributed by atoms with Crippen molar-refractivity contribution in [3.63, 3.8) is 0 Å². The second kappa shape index (κ2) is 5.01. The summed E-state index contributed by atoms with van der Waals surface area (Å²) < 4.78 is 4.90. The highest BCUT2D eigenvalue weighted by atomic mass is 16.8. The molecule has 0 aliphatic rings. The van der Waals surface area contributed by atoms with E-state index in [-0.39, 0.29) is 12.9 Å². The van der Waals surface area contributed by atoms with E-state index in [4.69, 9.17) is 4.74 Å². The Morgan fingerprint density at radius 3 is 2.70 bits per heavy atom. The van der Waals surface area contributed by atoms with Crippen molar-refractivity contribution in [2.24, 2.45) is 5.73 Å². The molecule has 5 nitrogen and oxygen atoms in total. The zero-order valence-corrected chi connectivity index (χ0v) is 6.09. The Labute approximate surface area is 59.4 Å². The lowest BCUT2D eigenvalue weighted by Crippen LogP contribution is -2.30. The van der Waals surface area contributed by atoms with Crippen LogP contribution < -0.4 is 11.2 Å². The molecule has 0 aliphatic heterocycles. The first-order valence-electron chi connectivity index (χ1n) is 2.91. The van der Waals surface area contributed by atoms with Crippen LogP contribution in [-0.2, 0) is 9.57 Å². The van der Waals surface area contributed by atoms with Gasteiger partial charge in [0, 0.05) is 0 Å². The van der Waals surface area contributed by atoms with Crippen molar-refractivity contribution < 1.29 is 14.4 Å². The Morgan fingerprint density at radius 2 is 2.30 bits per heavy atom. The quantitative estimate of drug-likeness (QED) is 0.334. The van der Waals surface area contributed by atoms with E-state index in [1.807, 2.05) is 19.3 Å². The normalized spacial score (nSPS) is 9.90. The maximum atomic E-state index is 9.97. The van der Waals surface area contributed by atoms with Crippen LogP contribution in [0.2, 0.25) is 0 Å². The Balaban J connectivity index is 2.98. The summed E-state index contributed by atoms with van der Waals surface area (Å²) in [6.45, 7) is 3.72. The molecule has 0 aromatic rings. The number of carbonyl (C=O) groups excluding carboxylic acids is 1. The number of primary amides is 1. The molecule has 0 rings (SSSR count). The predicted octanol–water partition coefficient (Wildman–Crippen LogP) is -0.0312. The number of amides is 2. The van der Waals surface area contributed by atoms with Gasteiger partial charge in [-0.3, -0.25) is 0 Å². The van der Waals surface area contributed by atoms with Gasteiger partial charge in [0.25, 0.3) is 0 Å². The van der Waals surface area contributed by atoms with E-state index in [9.17, 15) is 4.79 Å². The standard InChI is InChI=1S/C5H12N2O3/c1-4(2)9-3-10-7-5(6)8/h4H,3H2,1-2H3,(H3,6,7,8). The Hall–Kier alpha value is -0.810. The van der Waals surface area contributed by atoms with E-state index in [0.717, 1.165) is 0 Å². The van der Waals surface area contributed by atoms with Crippen molar-refractivity contribution in [3.8, 4) is 0 Å². The monoisotopic (exact) mass is 148 g/mol. The molecule has 0 bridgehead atoms. The molecular formula is C5H12N2O3. The van der Waals surface area contributed by atoms with E-state index >= 15 is 0 Å². The number of nitrogens with one attached hydrogen (secondary N) is 1. The van der Waals surface area contributed by atoms with Gasteiger partial charge in [-0.25, -0.2) is 15.1 Å². The third-order valence-electron chi connectivity index (χ3n) is 0.633. The summed E-state index contributed by atoms with van der Waals surface area (Å²) in [5.41, 5.74) is 6.59. The zero-order valence-electron chi connectivity index (χ0n) is 6.09. The number of ether oxygens (including phenoxy) is 1. The number of nitrogens with two attached hydrogens (primary N) is 1. The van der Waals surface area contributed by atoms with Crippen LogP contribution in [-0.4, -0.2) is 18.9 Å². The molecule has 0 heterocycles. The van der Waals surface area contributed by atoms with Crippen LogP contribution in [0, 0.1) is 0 Å². The molecule has 0 atom stereocenters. The molecule has 3 N–H and O–H groups in total. The van der Waals surface area contributed by atoms with Gasteiger partial charge in [-0.05, 0) is 13.8 Å². The molecule has 5 heteroatoms. The molecule has 0 aromatic carbocycles. The van der Waals surface area contributed by atoms with Crippen LogP contribution >= 0.6 is 0 Å². The van der Waals surface area contributed by atoms with E-state index in [0.29, 0.717) is 0 Å². The predicted molar refractivity (Wildman–Crippen MR) is 34.9 cm³/mol. The second-order valence-electron chi connectivity index (χ2n) is 1.94. The van der Waals surface area contributed by atoms with Crippen molar-refractivity contribution in [2.75, 3.05) is 6.79 Å². The number of hydrogen-bond donors (Lipinski definition) is 2. The summed E-state index contributed by atoms with van der Waals surface area (Å²) in [7, 11) is 0. The maximum Gasteiger partial charge on any atom is 0.336 e. The average molecular weight is 148 g/mol. The van der Waals surface area contributed by atoms with Gasteiger partial charge in [0.1, 0.15) is 0 Å². The first-order valence-corrected chi connectivity index (χ1v) is 2.91. The highest BCUT2D eigenvalue weighted by Crippen LogP contribution is 1.85. The lowest BCUT2D eigenvalue weighted by Gasteiger charge is -2.06. The lowest BCUT2D eigenvalue weighted by atomic mass is 10.5. The molecule has 0 unspecified atom stereocenters. The van der Waals surface area contributed by atoms with E-state index in [2.05, 4.69) is 10.6 Å². The van der Waals surface area contributed by atoms with E-state index < -0.39 is 6.03 Å². The van der Waals surface area contributed by atoms with Crippen LogP contribution in [0.1, 0.15) is 13.8 Å². The fourth-order valence-electron chi connectivity index (χ4n) is 0.271. The van der Waals surface area contributed by atoms with E-state index in [1.165, 1.54) is 0 Å². The third kappa shape index (κ3) is 7.19. The second-order valence-corrected chi connectivity index (χ2v) is 1.94. The van der Waals surface area contributed by atoms with Crippen LogP contribution in [0.15, 0.2) is 0 Å². The molecule has 0 aliphatic carbocycles. The van der Waals surface area contributed by atoms with Crippen molar-refractivity contribution in [3.05, 3.63) is 0 Å². The van der Waals surface area contributed by atoms with E-state index in [1.54, 1.807) is 0 Å². The van der Waals surface area contributed by atoms with Crippen molar-refractivity contribution in [1.82, 2.24) is 5.48 Å². The Kier molecular flexibility index (Phi) is 4.61. The average Bonchev–Trinajstić information content (AvgIpc) is 1.79. The van der Waals surface area contributed by atoms with Gasteiger partial charge in [0.2, 0.25) is 0 Å². The molecule has 0 saturated carbocycles. The minimum Gasteiger partial charge on any atom is -0.350 e. The molecular weight excluding hydrogens is 136 g/mol. The molecule has 10 heavy (non-hydrogen) atoms. The Bertz CT molecular complexity index is 105. The van der Waals surface area contributed by atoms with Gasteiger partial charge < -0.3 is 10.5 Å². The largest absolute Gasteiger partial charge is 0.350 e. The van der Waals surface area contributed by atoms with Crippen LogP contribution in [0.3, 0.4) is 0 Å². The van der Waals surface area contributed by atoms with Gasteiger partial charge in [0.05, 0.1) is 6.10 Å². The smallest absolute Gasteiger partial charge is 0.336 e. The zero-order chi connectivity index (χ0) is 7.98. The molecule has 0 spiro atoms. The highest BCUT2D eigenvalue weighted by molar-refractivity contribution is 5.70. The van der Waals surface area contributed by atoms with Gasteiger partial charge in [-0.15, -0.1) is 0 Å². The van der Waals surface area contributed by atoms with Crippen LogP contribution in [0.25, 0.3) is 0 Å². The fourth-order valence-corrected chi connectivity index (χ4v) is 0.271. The summed E-state index contributed by atoms with van der Waals surface area (Å²) in [5.74, 6) is 0. The summed E-state index contributed by atoms with van der Waals surface area (Å²) in [6.07, 6.45) is 0.0784. The van der Waals surface area contributed by atoms with Gasteiger partial charge >= 0.3 is 6.03 Å². The number of urea groups is 1. The number of hydroxylamine groups is 1. The van der Waals surface area contributed by atoms with Gasteiger partial charge in [-0.1, -0.05) is 0 Å². The van der Waals surface area contributed by atoms with Crippen molar-refractivity contribution in [2.45, 2.75) is 20.0 Å². The first kappa shape index (κ1) is 9.19. The molecule has 0 aromatic heterocycles. The minimum absolute atomic E-state index is 0.0145. The molecule has 60 valence electrons. The summed E-state index contributed by atoms with van der Waals surface area (Å²) in [6, 6.07) is -0.729. The molecule has 0 radical (unpaired) electrons. The topological polar surface area (TPSA) is 73.6 Å². The minimum atomic E-state index is -0.729. The number of rotatable bonds is 4.